The molecule has 3 heterocycles. The molecule has 3 saturated heterocycles. The van der Waals surface area contributed by atoms with E-state index in [0.29, 0.717) is 6.54 Å². The van der Waals surface area contributed by atoms with Gasteiger partial charge in [0, 0.05) is 12.8 Å². The summed E-state index contributed by atoms with van der Waals surface area (Å²) in [5.74, 6) is 0. The number of nitrogens with zero attached hydrogens (tertiary/aromatic N) is 1. The summed E-state index contributed by atoms with van der Waals surface area (Å²) in [5.41, 5.74) is -0.418. The molecule has 3 aliphatic rings. The van der Waals surface area contributed by atoms with Crippen LogP contribution in [0.3, 0.4) is 0 Å². The Bertz CT molecular complexity index is 230. The van der Waals surface area contributed by atoms with Gasteiger partial charge in [0.1, 0.15) is 18.7 Å². The van der Waals surface area contributed by atoms with Gasteiger partial charge in [0.05, 0.1) is 13.2 Å². The van der Waals surface area contributed by atoms with Gasteiger partial charge in [-0.3, -0.25) is 0 Å². The average molecular weight is 171 g/mol. The fourth-order valence-electron chi connectivity index (χ4n) is 3.05. The third kappa shape index (κ3) is 0.599. The lowest BCUT2D eigenvalue weighted by atomic mass is 9.99. The molecule has 0 spiro atoms. The Hall–Kier alpha value is -0.160. The molecule has 68 valence electrons. The summed E-state index contributed by atoms with van der Waals surface area (Å²) in [6, 6.07) is 0.0347. The van der Waals surface area contributed by atoms with E-state index in [-0.39, 0.29) is 23.4 Å². The first-order chi connectivity index (χ1) is 5.71. The lowest BCUT2D eigenvalue weighted by molar-refractivity contribution is -0.888. The van der Waals surface area contributed by atoms with E-state index in [0.717, 1.165) is 19.4 Å². The van der Waals surface area contributed by atoms with E-state index < -0.39 is 5.60 Å². The van der Waals surface area contributed by atoms with Crippen LogP contribution in [0.4, 0.5) is 0 Å². The number of aliphatic hydroxyl groups excluding tert-OH is 1. The zero-order chi connectivity index (χ0) is 8.40. The highest BCUT2D eigenvalue weighted by Gasteiger charge is 2.74. The van der Waals surface area contributed by atoms with Crippen LogP contribution in [0.1, 0.15) is 12.8 Å². The predicted octanol–water partition coefficient (Wildman–Crippen LogP) is -0.393. The Kier molecular flexibility index (Phi) is 1.12. The fourth-order valence-corrected chi connectivity index (χ4v) is 3.05. The SMILES string of the molecule is [O-][N+]12CCC[C@H]1[C@@]1(CO)O[C@H]1C2. The molecule has 12 heavy (non-hydrogen) atoms. The number of morpholine rings is 1. The van der Waals surface area contributed by atoms with E-state index in [4.69, 9.17) is 9.84 Å². The molecule has 3 rings (SSSR count). The Morgan fingerprint density at radius 3 is 3.25 bits per heavy atom. The number of hydrogen-bond acceptors (Lipinski definition) is 3. The van der Waals surface area contributed by atoms with Crippen LogP contribution >= 0.6 is 0 Å². The zero-order valence-electron chi connectivity index (χ0n) is 6.90. The third-order valence-corrected chi connectivity index (χ3v) is 3.72. The number of ether oxygens (including phenoxy) is 1. The van der Waals surface area contributed by atoms with Crippen LogP contribution in [0.25, 0.3) is 0 Å². The maximum absolute atomic E-state index is 12.0. The maximum Gasteiger partial charge on any atom is 0.175 e. The lowest BCUT2D eigenvalue weighted by Gasteiger charge is -2.41. The summed E-state index contributed by atoms with van der Waals surface area (Å²) in [7, 11) is 0. The highest BCUT2D eigenvalue weighted by atomic mass is 16.7. The Morgan fingerprint density at radius 2 is 2.50 bits per heavy atom. The minimum absolute atomic E-state index is 0.0323. The van der Waals surface area contributed by atoms with Crippen LogP contribution in [0, 0.1) is 5.21 Å². The van der Waals surface area contributed by atoms with Gasteiger partial charge in [-0.1, -0.05) is 0 Å². The molecule has 0 bridgehead atoms. The quantitative estimate of drug-likeness (QED) is 0.332. The van der Waals surface area contributed by atoms with Crippen molar-refractivity contribution in [2.45, 2.75) is 30.6 Å². The number of hydrogen-bond donors (Lipinski definition) is 1. The standard InChI is InChI=1S/C8H13NO3/c10-5-8-6-2-1-3-9(6,11)4-7(8)12-8/h6-7,10H,1-5H2/t6-,7-,8+,9?/m0/s1. The van der Waals surface area contributed by atoms with Gasteiger partial charge in [-0.2, -0.15) is 0 Å². The number of epoxide rings is 1. The smallest absolute Gasteiger partial charge is 0.175 e. The van der Waals surface area contributed by atoms with Crippen molar-refractivity contribution in [2.75, 3.05) is 19.7 Å². The van der Waals surface area contributed by atoms with E-state index in [1.54, 1.807) is 0 Å². The summed E-state index contributed by atoms with van der Waals surface area (Å²) in [6.07, 6.45) is 1.98. The van der Waals surface area contributed by atoms with Crippen LogP contribution in [0.5, 0.6) is 0 Å². The molecule has 1 unspecified atom stereocenters. The van der Waals surface area contributed by atoms with E-state index in [1.165, 1.54) is 0 Å². The van der Waals surface area contributed by atoms with Gasteiger partial charge in [-0.15, -0.1) is 0 Å². The first-order valence-corrected chi connectivity index (χ1v) is 4.58. The van der Waals surface area contributed by atoms with Gasteiger partial charge in [-0.25, -0.2) is 0 Å². The molecule has 4 nitrogen and oxygen atoms in total. The number of fused-ring (bicyclic) bond motifs is 3. The van der Waals surface area contributed by atoms with Gasteiger partial charge in [-0.05, 0) is 0 Å². The molecule has 0 aliphatic carbocycles. The van der Waals surface area contributed by atoms with Crippen LogP contribution in [-0.2, 0) is 4.74 Å². The van der Waals surface area contributed by atoms with Crippen molar-refractivity contribution in [2.24, 2.45) is 0 Å². The van der Waals surface area contributed by atoms with E-state index in [2.05, 4.69) is 0 Å². The van der Waals surface area contributed by atoms with Crippen molar-refractivity contribution in [3.05, 3.63) is 5.21 Å². The molecular weight excluding hydrogens is 158 g/mol. The monoisotopic (exact) mass is 171 g/mol. The first kappa shape index (κ1) is 7.26. The van der Waals surface area contributed by atoms with Gasteiger partial charge < -0.3 is 19.7 Å². The molecule has 3 aliphatic heterocycles. The van der Waals surface area contributed by atoms with E-state index >= 15 is 0 Å². The van der Waals surface area contributed by atoms with Crippen LogP contribution in [-0.4, -0.2) is 47.2 Å². The summed E-state index contributed by atoms with van der Waals surface area (Å²) in [4.78, 5) is 0. The van der Waals surface area contributed by atoms with Crippen LogP contribution in [0.2, 0.25) is 0 Å². The topological polar surface area (TPSA) is 55.8 Å². The molecule has 4 atom stereocenters. The molecule has 1 N–H and O–H groups in total. The van der Waals surface area contributed by atoms with Gasteiger partial charge in [0.15, 0.2) is 5.60 Å². The number of aliphatic hydroxyl groups is 1. The van der Waals surface area contributed by atoms with Gasteiger partial charge >= 0.3 is 0 Å². The Labute approximate surface area is 70.9 Å². The van der Waals surface area contributed by atoms with Crippen LogP contribution < -0.4 is 0 Å². The highest BCUT2D eigenvalue weighted by Crippen LogP contribution is 2.54. The fraction of sp³-hybridized carbons (Fsp3) is 1.00. The van der Waals surface area contributed by atoms with E-state index in [9.17, 15) is 5.21 Å². The van der Waals surface area contributed by atoms with Crippen molar-refractivity contribution in [1.29, 1.82) is 0 Å². The molecule has 0 aromatic rings. The van der Waals surface area contributed by atoms with Crippen molar-refractivity contribution in [3.8, 4) is 0 Å². The van der Waals surface area contributed by atoms with Crippen molar-refractivity contribution in [1.82, 2.24) is 0 Å². The molecule has 0 amide bonds. The second kappa shape index (κ2) is 1.85. The Morgan fingerprint density at radius 1 is 1.67 bits per heavy atom. The highest BCUT2D eigenvalue weighted by molar-refractivity contribution is 5.14. The number of quaternary nitrogens is 1. The minimum atomic E-state index is -0.418. The average Bonchev–Trinajstić information content (AvgIpc) is 2.46. The molecule has 0 aromatic heterocycles. The second-order valence-electron chi connectivity index (χ2n) is 4.24. The summed E-state index contributed by atoms with van der Waals surface area (Å²) >= 11 is 0. The van der Waals surface area contributed by atoms with Crippen LogP contribution in [0.15, 0.2) is 0 Å². The second-order valence-corrected chi connectivity index (χ2v) is 4.24. The third-order valence-electron chi connectivity index (χ3n) is 3.72. The van der Waals surface area contributed by atoms with Crippen molar-refractivity contribution in [3.63, 3.8) is 0 Å². The normalized spacial score (nSPS) is 61.5. The minimum Gasteiger partial charge on any atom is -0.632 e. The molecule has 0 saturated carbocycles. The molecule has 0 radical (unpaired) electrons. The molecule has 0 aromatic carbocycles. The molecular formula is C8H13NO3. The number of hydroxylamine groups is 3. The van der Waals surface area contributed by atoms with Gasteiger partial charge in [0.25, 0.3) is 0 Å². The van der Waals surface area contributed by atoms with Crippen molar-refractivity contribution < 1.29 is 14.5 Å². The number of rotatable bonds is 1. The van der Waals surface area contributed by atoms with Gasteiger partial charge in [0.2, 0.25) is 0 Å². The zero-order valence-corrected chi connectivity index (χ0v) is 6.90. The predicted molar refractivity (Wildman–Crippen MR) is 41.1 cm³/mol. The maximum atomic E-state index is 12.0. The first-order valence-electron chi connectivity index (χ1n) is 4.58. The summed E-state index contributed by atoms with van der Waals surface area (Å²) in [5, 5.41) is 21.2. The lowest BCUT2D eigenvalue weighted by Crippen LogP contribution is -2.49. The summed E-state index contributed by atoms with van der Waals surface area (Å²) in [6.45, 7) is 1.34. The Balaban J connectivity index is 1.95. The van der Waals surface area contributed by atoms with E-state index in [1.807, 2.05) is 0 Å². The molecule has 4 heteroatoms. The molecule has 3 fully saturated rings. The summed E-state index contributed by atoms with van der Waals surface area (Å²) < 4.78 is 5.31. The van der Waals surface area contributed by atoms with Crippen molar-refractivity contribution >= 4 is 0 Å². The largest absolute Gasteiger partial charge is 0.632 e.